The van der Waals surface area contributed by atoms with Crippen molar-refractivity contribution < 1.29 is 9.18 Å². The molecule has 0 bridgehead atoms. The van der Waals surface area contributed by atoms with Gasteiger partial charge in [0, 0.05) is 5.02 Å². The maximum Gasteiger partial charge on any atom is 0.155 e. The number of benzene rings is 2. The lowest BCUT2D eigenvalue weighted by atomic mass is 9.91. The molecule has 0 aliphatic rings. The van der Waals surface area contributed by atoms with Crippen molar-refractivity contribution in [2.75, 3.05) is 0 Å². The first kappa shape index (κ1) is 16.4. The summed E-state index contributed by atoms with van der Waals surface area (Å²) in [5.74, 6) is -0.229. The molecule has 2 rings (SSSR count). The van der Waals surface area contributed by atoms with Crippen LogP contribution in [-0.4, -0.2) is 5.78 Å². The van der Waals surface area contributed by atoms with E-state index in [4.69, 9.17) is 11.6 Å². The second-order valence-electron chi connectivity index (χ2n) is 5.44. The van der Waals surface area contributed by atoms with Gasteiger partial charge in [0.05, 0.1) is 0 Å². The van der Waals surface area contributed by atoms with Gasteiger partial charge in [-0.05, 0) is 85.4 Å². The molecule has 0 aromatic heterocycles. The van der Waals surface area contributed by atoms with Crippen molar-refractivity contribution in [3.63, 3.8) is 0 Å². The molecular formula is C19H18ClFO. The molecule has 0 spiro atoms. The van der Waals surface area contributed by atoms with Crippen molar-refractivity contribution in [2.45, 2.75) is 27.7 Å². The quantitative estimate of drug-likeness (QED) is 0.650. The van der Waals surface area contributed by atoms with Gasteiger partial charge in [0.15, 0.2) is 5.78 Å². The zero-order valence-corrected chi connectivity index (χ0v) is 13.9. The number of rotatable bonds is 3. The molecule has 0 radical (unpaired) electrons. The highest BCUT2D eigenvalue weighted by molar-refractivity contribution is 6.31. The molecular weight excluding hydrogens is 299 g/mol. The molecule has 0 N–H and O–H groups in total. The number of Topliss-reactive ketones (excluding diaryl/α,β-unsaturated/α-hetero) is 1. The highest BCUT2D eigenvalue weighted by Gasteiger charge is 2.13. The molecule has 0 fully saturated rings. The number of halogens is 2. The Kier molecular flexibility index (Phi) is 4.82. The van der Waals surface area contributed by atoms with Crippen LogP contribution in [0.1, 0.15) is 31.9 Å². The monoisotopic (exact) mass is 316 g/mol. The van der Waals surface area contributed by atoms with E-state index in [-0.39, 0.29) is 11.6 Å². The molecule has 0 aliphatic heterocycles. The van der Waals surface area contributed by atoms with Gasteiger partial charge in [-0.25, -0.2) is 4.39 Å². The summed E-state index contributed by atoms with van der Waals surface area (Å²) in [5, 5.41) is 0.593. The Labute approximate surface area is 135 Å². The average Bonchev–Trinajstić information content (AvgIpc) is 2.48. The van der Waals surface area contributed by atoms with Gasteiger partial charge in [-0.3, -0.25) is 4.79 Å². The molecule has 0 unspecified atom stereocenters. The first-order chi connectivity index (χ1) is 10.3. The molecule has 0 saturated carbocycles. The third-order valence-electron chi connectivity index (χ3n) is 4.02. The van der Waals surface area contributed by atoms with Crippen molar-refractivity contribution in [3.8, 4) is 11.1 Å². The molecule has 2 aromatic carbocycles. The standard InChI is InChI=1S/C19H18ClFO/c1-11(14(4)22)12(2)18-9-16(20)10-19(13(18)3)15-5-7-17(21)8-6-15/h5-10H,1-4H3/b12-11+. The fourth-order valence-electron chi connectivity index (χ4n) is 2.46. The highest BCUT2D eigenvalue weighted by atomic mass is 35.5. The van der Waals surface area contributed by atoms with E-state index in [2.05, 4.69) is 0 Å². The maximum absolute atomic E-state index is 13.1. The minimum Gasteiger partial charge on any atom is -0.295 e. The van der Waals surface area contributed by atoms with Gasteiger partial charge in [0.2, 0.25) is 0 Å². The van der Waals surface area contributed by atoms with Gasteiger partial charge < -0.3 is 0 Å². The third kappa shape index (κ3) is 3.28. The maximum atomic E-state index is 13.1. The Morgan fingerprint density at radius 2 is 1.64 bits per heavy atom. The predicted octanol–water partition coefficient (Wildman–Crippen LogP) is 5.84. The summed E-state index contributed by atoms with van der Waals surface area (Å²) in [6.45, 7) is 7.28. The fraction of sp³-hybridized carbons (Fsp3) is 0.211. The van der Waals surface area contributed by atoms with Crippen molar-refractivity contribution in [2.24, 2.45) is 0 Å². The molecule has 0 heterocycles. The smallest absolute Gasteiger partial charge is 0.155 e. The van der Waals surface area contributed by atoms with E-state index in [0.717, 1.165) is 33.4 Å². The lowest BCUT2D eigenvalue weighted by Crippen LogP contribution is -1.98. The van der Waals surface area contributed by atoms with Crippen LogP contribution in [0.2, 0.25) is 5.02 Å². The summed E-state index contributed by atoms with van der Waals surface area (Å²) < 4.78 is 13.1. The van der Waals surface area contributed by atoms with Gasteiger partial charge >= 0.3 is 0 Å². The Hall–Kier alpha value is -1.93. The van der Waals surface area contributed by atoms with Crippen LogP contribution in [0.3, 0.4) is 0 Å². The fourth-order valence-corrected chi connectivity index (χ4v) is 2.68. The molecule has 0 aliphatic carbocycles. The first-order valence-electron chi connectivity index (χ1n) is 7.06. The van der Waals surface area contributed by atoms with Gasteiger partial charge in [0.1, 0.15) is 5.82 Å². The molecule has 1 nitrogen and oxygen atoms in total. The van der Waals surface area contributed by atoms with Crippen LogP contribution in [0.25, 0.3) is 16.7 Å². The van der Waals surface area contributed by atoms with Crippen molar-refractivity contribution in [1.82, 2.24) is 0 Å². The Bertz CT molecular complexity index is 758. The molecule has 0 atom stereocenters. The lowest BCUT2D eigenvalue weighted by molar-refractivity contribution is -0.113. The van der Waals surface area contributed by atoms with Crippen LogP contribution in [0.4, 0.5) is 4.39 Å². The molecule has 114 valence electrons. The number of carbonyl (C=O) groups excluding carboxylic acids is 1. The zero-order valence-electron chi connectivity index (χ0n) is 13.1. The van der Waals surface area contributed by atoms with Gasteiger partial charge in [-0.1, -0.05) is 23.7 Å². The van der Waals surface area contributed by atoms with E-state index in [9.17, 15) is 9.18 Å². The molecule has 0 amide bonds. The number of ketones is 1. The van der Waals surface area contributed by atoms with Crippen molar-refractivity contribution in [3.05, 3.63) is 63.9 Å². The zero-order chi connectivity index (χ0) is 16.4. The molecule has 3 heteroatoms. The van der Waals surface area contributed by atoms with Crippen molar-refractivity contribution >= 4 is 23.0 Å². The second kappa shape index (κ2) is 6.45. The molecule has 2 aromatic rings. The summed E-state index contributed by atoms with van der Waals surface area (Å²) >= 11 is 6.25. The van der Waals surface area contributed by atoms with E-state index >= 15 is 0 Å². The van der Waals surface area contributed by atoms with E-state index in [1.54, 1.807) is 19.1 Å². The van der Waals surface area contributed by atoms with E-state index in [1.807, 2.05) is 32.9 Å². The second-order valence-corrected chi connectivity index (χ2v) is 5.88. The summed E-state index contributed by atoms with van der Waals surface area (Å²) in [4.78, 5) is 11.6. The van der Waals surface area contributed by atoms with Crippen LogP contribution >= 0.6 is 11.6 Å². The molecule has 0 saturated heterocycles. The highest BCUT2D eigenvalue weighted by Crippen LogP contribution is 2.34. The van der Waals surface area contributed by atoms with Crippen LogP contribution in [0, 0.1) is 12.7 Å². The van der Waals surface area contributed by atoms with Crippen LogP contribution in [0.15, 0.2) is 42.0 Å². The summed E-state index contributed by atoms with van der Waals surface area (Å²) in [6.07, 6.45) is 0. The van der Waals surface area contributed by atoms with Crippen LogP contribution in [0.5, 0.6) is 0 Å². The topological polar surface area (TPSA) is 17.1 Å². The number of allylic oxidation sites excluding steroid dienone is 2. The van der Waals surface area contributed by atoms with E-state index in [0.29, 0.717) is 5.02 Å². The lowest BCUT2D eigenvalue weighted by Gasteiger charge is -2.15. The van der Waals surface area contributed by atoms with E-state index in [1.165, 1.54) is 12.1 Å². The number of hydrogen-bond acceptors (Lipinski definition) is 1. The third-order valence-corrected chi connectivity index (χ3v) is 4.24. The summed E-state index contributed by atoms with van der Waals surface area (Å²) in [5.41, 5.74) is 5.44. The van der Waals surface area contributed by atoms with E-state index < -0.39 is 0 Å². The SMILES string of the molecule is CC(=O)/C(C)=C(\C)c1cc(Cl)cc(-c2ccc(F)cc2)c1C. The first-order valence-corrected chi connectivity index (χ1v) is 7.44. The minimum absolute atomic E-state index is 0.0419. The Morgan fingerprint density at radius 1 is 1.05 bits per heavy atom. The predicted molar refractivity (Wildman–Crippen MR) is 90.5 cm³/mol. The molecule has 22 heavy (non-hydrogen) atoms. The van der Waals surface area contributed by atoms with Gasteiger partial charge in [0.25, 0.3) is 0 Å². The summed E-state index contributed by atoms with van der Waals surface area (Å²) in [6, 6.07) is 10.1. The van der Waals surface area contributed by atoms with Crippen LogP contribution < -0.4 is 0 Å². The largest absolute Gasteiger partial charge is 0.295 e. The van der Waals surface area contributed by atoms with Gasteiger partial charge in [-0.2, -0.15) is 0 Å². The van der Waals surface area contributed by atoms with Crippen LogP contribution in [-0.2, 0) is 4.79 Å². The average molecular weight is 317 g/mol. The Morgan fingerprint density at radius 3 is 2.18 bits per heavy atom. The summed E-state index contributed by atoms with van der Waals surface area (Å²) in [7, 11) is 0. The number of carbonyl (C=O) groups is 1. The van der Waals surface area contributed by atoms with Crippen molar-refractivity contribution in [1.29, 1.82) is 0 Å². The minimum atomic E-state index is -0.271. The normalized spacial score (nSPS) is 12.1. The number of hydrogen-bond donors (Lipinski definition) is 0. The Balaban J connectivity index is 2.67. The van der Waals surface area contributed by atoms with Gasteiger partial charge in [-0.15, -0.1) is 0 Å².